The highest BCUT2D eigenvalue weighted by Crippen LogP contribution is 2.37. The molecule has 2 heterocycles. The summed E-state index contributed by atoms with van der Waals surface area (Å²) in [6, 6.07) is 15.2. The molecular formula is C21H13Cl2NO4. The third-order valence-electron chi connectivity index (χ3n) is 4.34. The molecule has 140 valence electrons. The summed E-state index contributed by atoms with van der Waals surface area (Å²) in [5.41, 5.74) is 1.44. The molecule has 0 fully saturated rings. The summed E-state index contributed by atoms with van der Waals surface area (Å²) in [6.07, 6.45) is 0.850. The second-order valence-corrected chi connectivity index (χ2v) is 6.90. The minimum atomic E-state index is -0.640. The first-order valence-electron chi connectivity index (χ1n) is 8.44. The van der Waals surface area contributed by atoms with Crippen LogP contribution < -0.4 is 4.74 Å². The smallest absolute Gasteiger partial charge is 0.339 e. The third kappa shape index (κ3) is 3.46. The Morgan fingerprint density at radius 1 is 1.07 bits per heavy atom. The standard InChI is InChI=1S/C21H13Cl2NO4/c22-15-8-3-9-17(19(15)23)27-20-14(7-4-10-24-20)16(25)11-18-12-5-1-2-6-13(12)21(26)28-18/h1-10,18H,11H2. The Morgan fingerprint density at radius 2 is 1.89 bits per heavy atom. The summed E-state index contributed by atoms with van der Waals surface area (Å²) in [6.45, 7) is 0. The highest BCUT2D eigenvalue weighted by molar-refractivity contribution is 6.42. The van der Waals surface area contributed by atoms with Crippen LogP contribution in [0.4, 0.5) is 0 Å². The van der Waals surface area contributed by atoms with Crippen LogP contribution in [-0.4, -0.2) is 16.7 Å². The van der Waals surface area contributed by atoms with Crippen molar-refractivity contribution in [3.05, 3.63) is 87.5 Å². The Kier molecular flexibility index (Phi) is 5.03. The molecule has 5 nitrogen and oxygen atoms in total. The monoisotopic (exact) mass is 413 g/mol. The van der Waals surface area contributed by atoms with Crippen molar-refractivity contribution in [2.75, 3.05) is 0 Å². The maximum Gasteiger partial charge on any atom is 0.339 e. The molecule has 28 heavy (non-hydrogen) atoms. The average Bonchev–Trinajstić information content (AvgIpc) is 3.02. The van der Waals surface area contributed by atoms with E-state index in [1.54, 1.807) is 54.6 Å². The number of esters is 1. The molecule has 1 unspecified atom stereocenters. The van der Waals surface area contributed by atoms with E-state index in [9.17, 15) is 9.59 Å². The second kappa shape index (κ2) is 7.62. The highest BCUT2D eigenvalue weighted by Gasteiger charge is 2.33. The molecule has 3 aromatic rings. The highest BCUT2D eigenvalue weighted by atomic mass is 35.5. The lowest BCUT2D eigenvalue weighted by molar-refractivity contribution is 0.0367. The number of fused-ring (bicyclic) bond motifs is 1. The van der Waals surface area contributed by atoms with Gasteiger partial charge in [-0.2, -0.15) is 0 Å². The van der Waals surface area contributed by atoms with E-state index in [-0.39, 0.29) is 28.7 Å². The molecule has 0 spiro atoms. The fourth-order valence-electron chi connectivity index (χ4n) is 3.00. The Labute approximate surface area is 170 Å². The zero-order chi connectivity index (χ0) is 19.7. The van der Waals surface area contributed by atoms with E-state index in [4.69, 9.17) is 32.7 Å². The lowest BCUT2D eigenvalue weighted by atomic mass is 9.99. The molecule has 1 atom stereocenters. The number of carbonyl (C=O) groups is 2. The molecule has 1 aliphatic heterocycles. The molecule has 2 aromatic carbocycles. The van der Waals surface area contributed by atoms with Crippen LogP contribution in [0.25, 0.3) is 0 Å². The van der Waals surface area contributed by atoms with Crippen molar-refractivity contribution in [1.82, 2.24) is 4.98 Å². The number of Topliss-reactive ketones (excluding diaryl/α,β-unsaturated/α-hetero) is 1. The molecule has 0 bridgehead atoms. The number of hydrogen-bond acceptors (Lipinski definition) is 5. The molecule has 0 N–H and O–H groups in total. The number of cyclic esters (lactones) is 1. The Bertz CT molecular complexity index is 1080. The molecule has 0 saturated heterocycles. The van der Waals surface area contributed by atoms with Gasteiger partial charge < -0.3 is 9.47 Å². The molecule has 4 rings (SSSR count). The van der Waals surface area contributed by atoms with Crippen LogP contribution in [0.5, 0.6) is 11.6 Å². The lowest BCUT2D eigenvalue weighted by Crippen LogP contribution is -2.09. The molecular weight excluding hydrogens is 401 g/mol. The van der Waals surface area contributed by atoms with Gasteiger partial charge in [0.05, 0.1) is 22.6 Å². The largest absolute Gasteiger partial charge is 0.453 e. The van der Waals surface area contributed by atoms with Crippen molar-refractivity contribution in [1.29, 1.82) is 0 Å². The van der Waals surface area contributed by atoms with Crippen LogP contribution in [0.15, 0.2) is 60.8 Å². The molecule has 0 radical (unpaired) electrons. The molecule has 0 saturated carbocycles. The first kappa shape index (κ1) is 18.5. The Morgan fingerprint density at radius 3 is 2.75 bits per heavy atom. The fourth-order valence-corrected chi connectivity index (χ4v) is 3.33. The first-order chi connectivity index (χ1) is 13.5. The van der Waals surface area contributed by atoms with Gasteiger partial charge in [0.1, 0.15) is 16.9 Å². The Balaban J connectivity index is 1.60. The number of benzene rings is 2. The number of halogens is 2. The maximum atomic E-state index is 12.9. The van der Waals surface area contributed by atoms with E-state index in [0.29, 0.717) is 21.9 Å². The lowest BCUT2D eigenvalue weighted by Gasteiger charge is -2.13. The number of aromatic nitrogens is 1. The van der Waals surface area contributed by atoms with Gasteiger partial charge in [0, 0.05) is 11.8 Å². The molecule has 0 aliphatic carbocycles. The van der Waals surface area contributed by atoms with Crippen molar-refractivity contribution >= 4 is 35.0 Å². The number of carbonyl (C=O) groups excluding carboxylic acids is 2. The summed E-state index contributed by atoms with van der Waals surface area (Å²) in [4.78, 5) is 29.0. The van der Waals surface area contributed by atoms with Gasteiger partial charge in [0.2, 0.25) is 5.88 Å². The SMILES string of the molecule is O=C1OC(CC(=O)c2cccnc2Oc2cccc(Cl)c2Cl)c2ccccc21. The predicted molar refractivity (Wildman–Crippen MR) is 104 cm³/mol. The van der Waals surface area contributed by atoms with Crippen LogP contribution in [0, 0.1) is 0 Å². The van der Waals surface area contributed by atoms with Crippen LogP contribution in [0.1, 0.15) is 38.8 Å². The number of hydrogen-bond donors (Lipinski definition) is 0. The van der Waals surface area contributed by atoms with E-state index in [1.165, 1.54) is 6.20 Å². The van der Waals surface area contributed by atoms with Gasteiger partial charge >= 0.3 is 5.97 Å². The van der Waals surface area contributed by atoms with Gasteiger partial charge in [-0.1, -0.05) is 47.5 Å². The minimum Gasteiger partial charge on any atom is -0.453 e. The summed E-state index contributed by atoms with van der Waals surface area (Å²) < 4.78 is 11.1. The number of pyridine rings is 1. The average molecular weight is 414 g/mol. The van der Waals surface area contributed by atoms with Gasteiger partial charge in [-0.3, -0.25) is 4.79 Å². The van der Waals surface area contributed by atoms with E-state index >= 15 is 0 Å². The van der Waals surface area contributed by atoms with Crippen molar-refractivity contribution in [3.8, 4) is 11.6 Å². The quantitative estimate of drug-likeness (QED) is 0.398. The zero-order valence-electron chi connectivity index (χ0n) is 14.4. The summed E-state index contributed by atoms with van der Waals surface area (Å²) >= 11 is 12.2. The Hall–Kier alpha value is -2.89. The number of rotatable bonds is 5. The third-order valence-corrected chi connectivity index (χ3v) is 5.14. The first-order valence-corrected chi connectivity index (χ1v) is 9.20. The summed E-state index contributed by atoms with van der Waals surface area (Å²) in [7, 11) is 0. The molecule has 1 aliphatic rings. The second-order valence-electron chi connectivity index (χ2n) is 6.12. The molecule has 7 heteroatoms. The molecule has 1 aromatic heterocycles. The summed E-state index contributed by atoms with van der Waals surface area (Å²) in [5, 5.41) is 0.560. The zero-order valence-corrected chi connectivity index (χ0v) is 15.9. The van der Waals surface area contributed by atoms with Gasteiger partial charge in [0.15, 0.2) is 5.78 Å². The van der Waals surface area contributed by atoms with Gasteiger partial charge in [0.25, 0.3) is 0 Å². The van der Waals surface area contributed by atoms with Gasteiger partial charge in [-0.05, 0) is 30.3 Å². The number of nitrogens with zero attached hydrogens (tertiary/aromatic N) is 1. The number of ketones is 1. The van der Waals surface area contributed by atoms with E-state index in [2.05, 4.69) is 4.98 Å². The van der Waals surface area contributed by atoms with Crippen LogP contribution in [0.2, 0.25) is 10.0 Å². The van der Waals surface area contributed by atoms with Crippen molar-refractivity contribution in [2.24, 2.45) is 0 Å². The summed E-state index contributed by atoms with van der Waals surface area (Å²) in [5.74, 6) is -0.300. The van der Waals surface area contributed by atoms with E-state index < -0.39 is 12.1 Å². The predicted octanol–water partition coefficient (Wildman–Crippen LogP) is 5.67. The minimum absolute atomic E-state index is 0.0198. The van der Waals surface area contributed by atoms with Crippen LogP contribution in [-0.2, 0) is 4.74 Å². The van der Waals surface area contributed by atoms with Crippen LogP contribution >= 0.6 is 23.2 Å². The number of ether oxygens (including phenoxy) is 2. The van der Waals surface area contributed by atoms with Crippen LogP contribution in [0.3, 0.4) is 0 Å². The van der Waals surface area contributed by atoms with Crippen molar-refractivity contribution in [2.45, 2.75) is 12.5 Å². The van der Waals surface area contributed by atoms with Crippen molar-refractivity contribution < 1.29 is 19.1 Å². The van der Waals surface area contributed by atoms with Gasteiger partial charge in [-0.15, -0.1) is 0 Å². The molecule has 0 amide bonds. The topological polar surface area (TPSA) is 65.5 Å². The normalized spacial score (nSPS) is 15.1. The fraction of sp³-hybridized carbons (Fsp3) is 0.0952. The van der Waals surface area contributed by atoms with E-state index in [0.717, 1.165) is 0 Å². The van der Waals surface area contributed by atoms with E-state index in [1.807, 2.05) is 0 Å². The van der Waals surface area contributed by atoms with Gasteiger partial charge in [-0.25, -0.2) is 9.78 Å². The van der Waals surface area contributed by atoms with Crippen molar-refractivity contribution in [3.63, 3.8) is 0 Å². The maximum absolute atomic E-state index is 12.9.